The first kappa shape index (κ1) is 23.3. The molecule has 0 saturated carbocycles. The van der Waals surface area contributed by atoms with E-state index in [0.29, 0.717) is 6.42 Å². The first-order valence-corrected chi connectivity index (χ1v) is 11.7. The SMILES string of the molecule is CC(C)(CCC[P+](c1ccccc1)(c1ccccc1)c1ccccc1)C(=O)O.[Br-]. The van der Waals surface area contributed by atoms with Gasteiger partial charge in [-0.2, -0.15) is 0 Å². The number of carboxylic acid groups (broad SMARTS) is 1. The van der Waals surface area contributed by atoms with E-state index in [2.05, 4.69) is 91.0 Å². The Kier molecular flexibility index (Phi) is 8.19. The number of benzene rings is 3. The molecule has 3 aromatic carbocycles. The Bertz CT molecular complexity index is 799. The van der Waals surface area contributed by atoms with Crippen molar-refractivity contribution in [1.82, 2.24) is 0 Å². The molecule has 3 aromatic rings. The van der Waals surface area contributed by atoms with Gasteiger partial charge >= 0.3 is 5.97 Å². The number of aliphatic carboxylic acids is 1. The van der Waals surface area contributed by atoms with E-state index >= 15 is 0 Å². The zero-order valence-corrected chi connectivity index (χ0v) is 19.4. The van der Waals surface area contributed by atoms with Gasteiger partial charge in [-0.15, -0.1) is 0 Å². The van der Waals surface area contributed by atoms with E-state index in [9.17, 15) is 9.90 Å². The zero-order valence-electron chi connectivity index (χ0n) is 17.0. The molecule has 0 saturated heterocycles. The standard InChI is InChI=1S/C25H27O2P.BrH/c1-25(2,24(26)27)19-12-20-28(21-13-6-3-7-14-21,22-15-8-4-9-16-22)23-17-10-5-11-18-23;/h3-11,13-18H,12,19-20H2,1-2H3;1H. The Morgan fingerprint density at radius 2 is 1.10 bits per heavy atom. The molecule has 2 nitrogen and oxygen atoms in total. The molecule has 0 unspecified atom stereocenters. The molecule has 29 heavy (non-hydrogen) atoms. The van der Waals surface area contributed by atoms with Crippen LogP contribution in [-0.2, 0) is 4.79 Å². The smallest absolute Gasteiger partial charge is 0.309 e. The van der Waals surface area contributed by atoms with Crippen LogP contribution in [0.5, 0.6) is 0 Å². The number of rotatable bonds is 8. The van der Waals surface area contributed by atoms with Crippen molar-refractivity contribution >= 4 is 29.1 Å². The van der Waals surface area contributed by atoms with E-state index in [1.54, 1.807) is 0 Å². The highest BCUT2D eigenvalue weighted by atomic mass is 79.9. The lowest BCUT2D eigenvalue weighted by Crippen LogP contribution is -3.00. The summed E-state index contributed by atoms with van der Waals surface area (Å²) in [6, 6.07) is 32.2. The summed E-state index contributed by atoms with van der Waals surface area (Å²) in [6.45, 7) is 3.64. The summed E-state index contributed by atoms with van der Waals surface area (Å²) in [7, 11) is -1.86. The molecule has 0 radical (unpaired) electrons. The van der Waals surface area contributed by atoms with E-state index in [4.69, 9.17) is 0 Å². The van der Waals surface area contributed by atoms with Crippen LogP contribution in [0.4, 0.5) is 0 Å². The molecule has 152 valence electrons. The maximum atomic E-state index is 11.6. The second kappa shape index (κ2) is 10.2. The fourth-order valence-corrected chi connectivity index (χ4v) is 8.09. The van der Waals surface area contributed by atoms with Crippen LogP contribution in [0.2, 0.25) is 0 Å². The highest BCUT2D eigenvalue weighted by Gasteiger charge is 2.45. The fourth-order valence-electron chi connectivity index (χ4n) is 3.75. The van der Waals surface area contributed by atoms with Gasteiger partial charge in [0.1, 0.15) is 23.2 Å². The highest BCUT2D eigenvalue weighted by molar-refractivity contribution is 7.95. The van der Waals surface area contributed by atoms with Gasteiger partial charge in [0.05, 0.1) is 11.6 Å². The first-order chi connectivity index (χ1) is 13.5. The lowest BCUT2D eigenvalue weighted by molar-refractivity contribution is -0.147. The first-order valence-electron chi connectivity index (χ1n) is 9.75. The predicted octanol–water partition coefficient (Wildman–Crippen LogP) is 1.88. The summed E-state index contributed by atoms with van der Waals surface area (Å²) in [5, 5.41) is 13.6. The lowest BCUT2D eigenvalue weighted by atomic mass is 9.88. The normalized spacial score (nSPS) is 11.5. The molecule has 0 aliphatic heterocycles. The summed E-state index contributed by atoms with van der Waals surface area (Å²) < 4.78 is 0. The van der Waals surface area contributed by atoms with Crippen LogP contribution in [0.25, 0.3) is 0 Å². The number of carbonyl (C=O) groups is 1. The molecule has 0 aliphatic carbocycles. The van der Waals surface area contributed by atoms with Crippen LogP contribution in [0.3, 0.4) is 0 Å². The molecule has 3 rings (SSSR count). The van der Waals surface area contributed by atoms with Crippen molar-refractivity contribution in [3.05, 3.63) is 91.0 Å². The Hall–Kier alpha value is -1.96. The molecule has 0 spiro atoms. The van der Waals surface area contributed by atoms with Crippen molar-refractivity contribution in [1.29, 1.82) is 0 Å². The molecule has 0 aliphatic rings. The maximum Gasteiger partial charge on any atom is 0.309 e. The molecule has 0 atom stereocenters. The molecule has 4 heteroatoms. The van der Waals surface area contributed by atoms with Gasteiger partial charge < -0.3 is 22.1 Å². The Morgan fingerprint density at radius 3 is 1.41 bits per heavy atom. The predicted molar refractivity (Wildman–Crippen MR) is 121 cm³/mol. The van der Waals surface area contributed by atoms with Crippen molar-refractivity contribution < 1.29 is 26.9 Å². The quantitative estimate of drug-likeness (QED) is 0.510. The van der Waals surface area contributed by atoms with Gasteiger partial charge in [0.2, 0.25) is 0 Å². The van der Waals surface area contributed by atoms with E-state index in [0.717, 1.165) is 12.6 Å². The minimum atomic E-state index is -1.86. The maximum absolute atomic E-state index is 11.6. The van der Waals surface area contributed by atoms with Crippen LogP contribution >= 0.6 is 7.26 Å². The minimum Gasteiger partial charge on any atom is -1.00 e. The summed E-state index contributed by atoms with van der Waals surface area (Å²) in [6.07, 6.45) is 2.49. The Balaban J connectivity index is 0.00000300. The molecule has 0 fully saturated rings. The summed E-state index contributed by atoms with van der Waals surface area (Å²) in [5.41, 5.74) is -0.709. The van der Waals surface area contributed by atoms with Crippen molar-refractivity contribution in [3.63, 3.8) is 0 Å². The number of hydrogen-bond donors (Lipinski definition) is 1. The second-order valence-electron chi connectivity index (χ2n) is 7.83. The molecule has 1 N–H and O–H groups in total. The van der Waals surface area contributed by atoms with Crippen LogP contribution < -0.4 is 32.9 Å². The molecular formula is C25H28BrO2P. The monoisotopic (exact) mass is 470 g/mol. The third-order valence-corrected chi connectivity index (χ3v) is 9.99. The average Bonchev–Trinajstić information content (AvgIpc) is 2.73. The Labute approximate surface area is 185 Å². The van der Waals surface area contributed by atoms with E-state index < -0.39 is 18.6 Å². The van der Waals surface area contributed by atoms with Crippen LogP contribution in [-0.4, -0.2) is 17.2 Å². The largest absolute Gasteiger partial charge is 1.00 e. The van der Waals surface area contributed by atoms with Gasteiger partial charge in [-0.25, -0.2) is 0 Å². The fraction of sp³-hybridized carbons (Fsp3) is 0.240. The zero-order chi connectivity index (χ0) is 20.0. The van der Waals surface area contributed by atoms with E-state index in [-0.39, 0.29) is 17.0 Å². The Morgan fingerprint density at radius 1 is 0.759 bits per heavy atom. The van der Waals surface area contributed by atoms with Gasteiger partial charge in [-0.05, 0) is 63.1 Å². The molecule has 0 bridgehead atoms. The van der Waals surface area contributed by atoms with Crippen molar-refractivity contribution in [3.8, 4) is 0 Å². The van der Waals surface area contributed by atoms with E-state index in [1.807, 2.05) is 13.8 Å². The third-order valence-electron chi connectivity index (χ3n) is 5.47. The lowest BCUT2D eigenvalue weighted by Gasteiger charge is -2.29. The average molecular weight is 471 g/mol. The number of carboxylic acids is 1. The molecule has 0 heterocycles. The molecule has 0 amide bonds. The van der Waals surface area contributed by atoms with Crippen LogP contribution in [0.1, 0.15) is 26.7 Å². The summed E-state index contributed by atoms with van der Waals surface area (Å²) in [5.74, 6) is -0.726. The van der Waals surface area contributed by atoms with Crippen LogP contribution in [0.15, 0.2) is 91.0 Å². The highest BCUT2D eigenvalue weighted by Crippen LogP contribution is 2.56. The van der Waals surface area contributed by atoms with Gasteiger partial charge in [0, 0.05) is 0 Å². The molecular weight excluding hydrogens is 443 g/mol. The third kappa shape index (κ3) is 5.15. The second-order valence-corrected chi connectivity index (χ2v) is 11.4. The number of halogens is 1. The molecule has 0 aromatic heterocycles. The van der Waals surface area contributed by atoms with Gasteiger partial charge in [0.15, 0.2) is 0 Å². The minimum absolute atomic E-state index is 0. The number of hydrogen-bond acceptors (Lipinski definition) is 1. The van der Waals surface area contributed by atoms with Crippen molar-refractivity contribution in [2.45, 2.75) is 26.7 Å². The van der Waals surface area contributed by atoms with Crippen LogP contribution in [0, 0.1) is 5.41 Å². The van der Waals surface area contributed by atoms with Crippen molar-refractivity contribution in [2.75, 3.05) is 6.16 Å². The van der Waals surface area contributed by atoms with Gasteiger partial charge in [0.25, 0.3) is 0 Å². The topological polar surface area (TPSA) is 37.3 Å². The van der Waals surface area contributed by atoms with Crippen molar-refractivity contribution in [2.24, 2.45) is 5.41 Å². The van der Waals surface area contributed by atoms with Gasteiger partial charge in [-0.1, -0.05) is 54.6 Å². The van der Waals surface area contributed by atoms with Gasteiger partial charge in [-0.3, -0.25) is 4.79 Å². The summed E-state index contributed by atoms with van der Waals surface area (Å²) >= 11 is 0. The summed E-state index contributed by atoms with van der Waals surface area (Å²) in [4.78, 5) is 11.6. The van der Waals surface area contributed by atoms with E-state index in [1.165, 1.54) is 15.9 Å².